The highest BCUT2D eigenvalue weighted by Crippen LogP contribution is 2.26. The topological polar surface area (TPSA) is 81.2 Å². The minimum Gasteiger partial charge on any atom is -0.430 e. The van der Waals surface area contributed by atoms with E-state index in [9.17, 15) is 8.42 Å². The largest absolute Gasteiger partial charge is 0.430 e. The van der Waals surface area contributed by atoms with Gasteiger partial charge in [-0.05, 0) is 18.2 Å². The summed E-state index contributed by atoms with van der Waals surface area (Å²) in [6.45, 7) is 4.73. The lowest BCUT2D eigenvalue weighted by molar-refractivity contribution is 0.471. The second kappa shape index (κ2) is 6.50. The first kappa shape index (κ1) is 15.9. The van der Waals surface area contributed by atoms with Crippen LogP contribution in [0.1, 0.15) is 18.9 Å². The summed E-state index contributed by atoms with van der Waals surface area (Å²) in [4.78, 5) is 0.214. The van der Waals surface area contributed by atoms with Crippen LogP contribution < -0.4 is 10.1 Å². The van der Waals surface area contributed by atoms with E-state index in [1.165, 1.54) is 23.5 Å². The molecule has 0 saturated heterocycles. The summed E-state index contributed by atoms with van der Waals surface area (Å²) < 4.78 is 28.6. The second-order valence-electron chi connectivity index (χ2n) is 4.85. The van der Waals surface area contributed by atoms with E-state index in [-0.39, 0.29) is 4.90 Å². The van der Waals surface area contributed by atoms with Gasteiger partial charge in [-0.1, -0.05) is 36.3 Å². The van der Waals surface area contributed by atoms with Crippen molar-refractivity contribution in [1.29, 1.82) is 0 Å². The van der Waals surface area contributed by atoms with Gasteiger partial charge in [-0.25, -0.2) is 8.42 Å². The number of hydrogen-bond acceptors (Lipinski definition) is 7. The summed E-state index contributed by atoms with van der Waals surface area (Å²) in [5.74, 6) is 0.428. The number of nitrogens with one attached hydrogen (secondary N) is 1. The van der Waals surface area contributed by atoms with Gasteiger partial charge in [0.05, 0.1) is 11.4 Å². The molecule has 0 aliphatic heterocycles. The van der Waals surface area contributed by atoms with Crippen molar-refractivity contribution in [2.45, 2.75) is 31.3 Å². The van der Waals surface area contributed by atoms with E-state index in [1.54, 1.807) is 12.1 Å². The Morgan fingerprint density at radius 2 is 2.10 bits per heavy atom. The van der Waals surface area contributed by atoms with Gasteiger partial charge in [-0.3, -0.25) is 0 Å². The Hall–Kier alpha value is -1.51. The Morgan fingerprint density at radius 1 is 1.33 bits per heavy atom. The van der Waals surface area contributed by atoms with Crippen molar-refractivity contribution in [1.82, 2.24) is 15.5 Å². The smallest absolute Gasteiger partial charge is 0.299 e. The highest BCUT2D eigenvalue weighted by Gasteiger charge is 2.10. The average molecular weight is 327 g/mol. The standard InChI is InChI=1S/C13H17N3O3S2/c1-9(2)14-8-12-15-16-13(20-12)19-10-5-4-6-11(7-10)21(3,17)18/h4-7,9,14H,8H2,1-3H3. The summed E-state index contributed by atoms with van der Waals surface area (Å²) >= 11 is 1.33. The molecule has 1 N–H and O–H groups in total. The van der Waals surface area contributed by atoms with Crippen molar-refractivity contribution < 1.29 is 13.2 Å². The van der Waals surface area contributed by atoms with E-state index >= 15 is 0 Å². The van der Waals surface area contributed by atoms with Crippen LogP contribution in [-0.4, -0.2) is 30.9 Å². The molecule has 2 aromatic rings. The third-order valence-corrected chi connectivity index (χ3v) is 4.46. The molecule has 0 spiro atoms. The van der Waals surface area contributed by atoms with E-state index < -0.39 is 9.84 Å². The van der Waals surface area contributed by atoms with Crippen molar-refractivity contribution in [3.8, 4) is 10.9 Å². The van der Waals surface area contributed by atoms with Crippen LogP contribution in [0.3, 0.4) is 0 Å². The van der Waals surface area contributed by atoms with E-state index in [0.717, 1.165) is 11.3 Å². The number of rotatable bonds is 6. The first-order valence-electron chi connectivity index (χ1n) is 6.38. The van der Waals surface area contributed by atoms with E-state index in [1.807, 2.05) is 0 Å². The lowest BCUT2D eigenvalue weighted by atomic mass is 10.3. The minimum absolute atomic E-state index is 0.214. The summed E-state index contributed by atoms with van der Waals surface area (Å²) in [6, 6.07) is 6.68. The number of hydrogen-bond donors (Lipinski definition) is 1. The van der Waals surface area contributed by atoms with Gasteiger partial charge in [0.15, 0.2) is 9.84 Å². The maximum atomic E-state index is 11.5. The molecule has 0 bridgehead atoms. The van der Waals surface area contributed by atoms with E-state index in [0.29, 0.717) is 23.5 Å². The fraction of sp³-hybridized carbons (Fsp3) is 0.385. The summed E-state index contributed by atoms with van der Waals surface area (Å²) in [5, 5.41) is 12.4. The normalized spacial score (nSPS) is 11.8. The van der Waals surface area contributed by atoms with Crippen LogP contribution in [0.2, 0.25) is 0 Å². The Labute approximate surface area is 128 Å². The van der Waals surface area contributed by atoms with Gasteiger partial charge in [0.25, 0.3) is 5.19 Å². The van der Waals surface area contributed by atoms with Gasteiger partial charge in [0, 0.05) is 12.3 Å². The third-order valence-electron chi connectivity index (χ3n) is 2.55. The molecule has 0 aliphatic rings. The molecule has 0 radical (unpaired) electrons. The van der Waals surface area contributed by atoms with Gasteiger partial charge in [-0.15, -0.1) is 5.10 Å². The molecule has 0 aliphatic carbocycles. The van der Waals surface area contributed by atoms with Crippen LogP contribution >= 0.6 is 11.3 Å². The first-order chi connectivity index (χ1) is 9.84. The number of aromatic nitrogens is 2. The predicted octanol–water partition coefficient (Wildman–Crippen LogP) is 2.23. The van der Waals surface area contributed by atoms with E-state index in [2.05, 4.69) is 29.4 Å². The zero-order valence-electron chi connectivity index (χ0n) is 12.0. The molecule has 0 amide bonds. The van der Waals surface area contributed by atoms with Crippen LogP contribution in [0.4, 0.5) is 0 Å². The summed E-state index contributed by atoms with van der Waals surface area (Å²) in [6.07, 6.45) is 1.16. The molecule has 1 aromatic heterocycles. The molecular formula is C13H17N3O3S2. The zero-order valence-corrected chi connectivity index (χ0v) is 13.7. The minimum atomic E-state index is -3.25. The Bertz CT molecular complexity index is 711. The summed E-state index contributed by atoms with van der Waals surface area (Å²) in [5.41, 5.74) is 0. The molecule has 21 heavy (non-hydrogen) atoms. The second-order valence-corrected chi connectivity index (χ2v) is 7.89. The number of ether oxygens (including phenoxy) is 1. The average Bonchev–Trinajstić information content (AvgIpc) is 2.83. The van der Waals surface area contributed by atoms with Crippen LogP contribution in [0.15, 0.2) is 29.2 Å². The molecule has 114 valence electrons. The van der Waals surface area contributed by atoms with Crippen molar-refractivity contribution >= 4 is 21.2 Å². The van der Waals surface area contributed by atoms with Gasteiger partial charge in [0.1, 0.15) is 10.8 Å². The molecule has 1 heterocycles. The molecule has 0 unspecified atom stereocenters. The van der Waals surface area contributed by atoms with Crippen LogP contribution in [0.5, 0.6) is 10.9 Å². The fourth-order valence-electron chi connectivity index (χ4n) is 1.51. The van der Waals surface area contributed by atoms with Crippen LogP contribution in [0.25, 0.3) is 0 Å². The van der Waals surface area contributed by atoms with Gasteiger partial charge >= 0.3 is 0 Å². The van der Waals surface area contributed by atoms with Crippen LogP contribution in [-0.2, 0) is 16.4 Å². The Kier molecular flexibility index (Phi) is 4.92. The quantitative estimate of drug-likeness (QED) is 0.876. The molecule has 1 aromatic carbocycles. The molecular weight excluding hydrogens is 310 g/mol. The first-order valence-corrected chi connectivity index (χ1v) is 9.09. The number of benzene rings is 1. The Balaban J connectivity index is 2.08. The predicted molar refractivity (Wildman–Crippen MR) is 81.5 cm³/mol. The van der Waals surface area contributed by atoms with Crippen molar-refractivity contribution in [2.75, 3.05) is 6.26 Å². The number of sulfone groups is 1. The SMILES string of the molecule is CC(C)NCc1nnc(Oc2cccc(S(C)(=O)=O)c2)s1. The molecule has 0 fully saturated rings. The highest BCUT2D eigenvalue weighted by atomic mass is 32.2. The monoisotopic (exact) mass is 327 g/mol. The molecule has 0 saturated carbocycles. The van der Waals surface area contributed by atoms with E-state index in [4.69, 9.17) is 4.74 Å². The maximum absolute atomic E-state index is 11.5. The molecule has 8 heteroatoms. The maximum Gasteiger partial charge on any atom is 0.299 e. The molecule has 2 rings (SSSR count). The van der Waals surface area contributed by atoms with Gasteiger partial charge in [0.2, 0.25) is 0 Å². The number of nitrogens with zero attached hydrogens (tertiary/aromatic N) is 2. The zero-order chi connectivity index (χ0) is 15.5. The van der Waals surface area contributed by atoms with Crippen molar-refractivity contribution in [3.63, 3.8) is 0 Å². The van der Waals surface area contributed by atoms with Gasteiger partial charge < -0.3 is 10.1 Å². The van der Waals surface area contributed by atoms with Crippen molar-refractivity contribution in [2.24, 2.45) is 0 Å². The summed E-state index contributed by atoms with van der Waals surface area (Å²) in [7, 11) is -3.25. The lowest BCUT2D eigenvalue weighted by Gasteiger charge is -2.04. The van der Waals surface area contributed by atoms with Crippen LogP contribution in [0, 0.1) is 0 Å². The fourth-order valence-corrected chi connectivity index (χ4v) is 2.83. The molecule has 0 atom stereocenters. The lowest BCUT2D eigenvalue weighted by Crippen LogP contribution is -2.21. The van der Waals surface area contributed by atoms with Crippen molar-refractivity contribution in [3.05, 3.63) is 29.3 Å². The Morgan fingerprint density at radius 3 is 2.76 bits per heavy atom. The highest BCUT2D eigenvalue weighted by molar-refractivity contribution is 7.90. The molecule has 6 nitrogen and oxygen atoms in total. The van der Waals surface area contributed by atoms with Gasteiger partial charge in [-0.2, -0.15) is 0 Å². The third kappa shape index (κ3) is 4.76.